The monoisotopic (exact) mass is 205 g/mol. The van der Waals surface area contributed by atoms with Crippen LogP contribution in [0.3, 0.4) is 0 Å². The van der Waals surface area contributed by atoms with Gasteiger partial charge in [-0.2, -0.15) is 0 Å². The Balaban J connectivity index is 2.33. The molecule has 0 aliphatic carbocycles. The topological polar surface area (TPSA) is 35.2 Å². The van der Waals surface area contributed by atoms with Gasteiger partial charge in [-0.25, -0.2) is 0 Å². The summed E-state index contributed by atoms with van der Waals surface area (Å²) in [6, 6.07) is 4.16. The molecule has 0 bridgehead atoms. The first kappa shape index (κ1) is 10.5. The van der Waals surface area contributed by atoms with Crippen LogP contribution in [-0.4, -0.2) is 13.2 Å². The van der Waals surface area contributed by atoms with Crippen LogP contribution < -0.4 is 5.73 Å². The Morgan fingerprint density at radius 1 is 1.13 bits per heavy atom. The first-order valence-electron chi connectivity index (χ1n) is 5.63. The van der Waals surface area contributed by atoms with Crippen molar-refractivity contribution in [1.82, 2.24) is 0 Å². The highest BCUT2D eigenvalue weighted by molar-refractivity contribution is 5.50. The van der Waals surface area contributed by atoms with Crippen molar-refractivity contribution < 1.29 is 4.74 Å². The molecule has 1 aromatic rings. The molecule has 1 aliphatic heterocycles. The zero-order valence-electron chi connectivity index (χ0n) is 9.55. The van der Waals surface area contributed by atoms with Crippen molar-refractivity contribution in [2.75, 3.05) is 18.9 Å². The Morgan fingerprint density at radius 2 is 1.67 bits per heavy atom. The van der Waals surface area contributed by atoms with Gasteiger partial charge >= 0.3 is 0 Å². The summed E-state index contributed by atoms with van der Waals surface area (Å²) in [6.07, 6.45) is 2.29. The van der Waals surface area contributed by atoms with Crippen LogP contribution in [0.25, 0.3) is 0 Å². The zero-order valence-corrected chi connectivity index (χ0v) is 9.55. The lowest BCUT2D eigenvalue weighted by Crippen LogP contribution is -2.16. The summed E-state index contributed by atoms with van der Waals surface area (Å²) in [6.45, 7) is 6.12. The van der Waals surface area contributed by atoms with Crippen molar-refractivity contribution in [3.8, 4) is 0 Å². The van der Waals surface area contributed by atoms with Crippen molar-refractivity contribution in [3.63, 3.8) is 0 Å². The summed E-state index contributed by atoms with van der Waals surface area (Å²) in [5.74, 6) is 0.666. The Hall–Kier alpha value is -1.02. The number of benzene rings is 1. The number of aryl methyl sites for hydroxylation is 2. The molecule has 0 saturated carbocycles. The van der Waals surface area contributed by atoms with E-state index in [0.717, 1.165) is 31.7 Å². The van der Waals surface area contributed by atoms with Gasteiger partial charge in [0.05, 0.1) is 0 Å². The van der Waals surface area contributed by atoms with E-state index in [1.165, 1.54) is 16.7 Å². The average molecular weight is 205 g/mol. The van der Waals surface area contributed by atoms with Crippen LogP contribution in [0.5, 0.6) is 0 Å². The van der Waals surface area contributed by atoms with Crippen molar-refractivity contribution in [1.29, 1.82) is 0 Å². The normalized spacial score (nSPS) is 18.0. The van der Waals surface area contributed by atoms with Crippen molar-refractivity contribution in [2.45, 2.75) is 32.6 Å². The summed E-state index contributed by atoms with van der Waals surface area (Å²) in [7, 11) is 0. The molecule has 0 atom stereocenters. The van der Waals surface area contributed by atoms with E-state index < -0.39 is 0 Å². The second-order valence-corrected chi connectivity index (χ2v) is 4.46. The molecule has 1 heterocycles. The molecule has 15 heavy (non-hydrogen) atoms. The highest BCUT2D eigenvalue weighted by Gasteiger charge is 2.19. The van der Waals surface area contributed by atoms with Gasteiger partial charge in [-0.05, 0) is 61.4 Å². The zero-order chi connectivity index (χ0) is 10.8. The Morgan fingerprint density at radius 3 is 2.20 bits per heavy atom. The third-order valence-corrected chi connectivity index (χ3v) is 3.25. The number of nitrogens with two attached hydrogens (primary N) is 1. The predicted octanol–water partition coefficient (Wildman–Crippen LogP) is 2.78. The standard InChI is InChI=1S/C13H19NO/c1-9-7-12(14)8-10(2)13(9)11-3-5-15-6-4-11/h7-8,11H,3-6,14H2,1-2H3. The molecule has 82 valence electrons. The van der Waals surface area contributed by atoms with E-state index in [4.69, 9.17) is 10.5 Å². The molecule has 2 rings (SSSR count). The van der Waals surface area contributed by atoms with Crippen LogP contribution in [0.1, 0.15) is 35.4 Å². The number of nitrogen functional groups attached to an aromatic ring is 1. The molecular formula is C13H19NO. The summed E-state index contributed by atoms with van der Waals surface area (Å²) >= 11 is 0. The van der Waals surface area contributed by atoms with E-state index in [-0.39, 0.29) is 0 Å². The molecule has 2 nitrogen and oxygen atoms in total. The minimum Gasteiger partial charge on any atom is -0.399 e. The van der Waals surface area contributed by atoms with Crippen LogP contribution in [0.2, 0.25) is 0 Å². The van der Waals surface area contributed by atoms with Gasteiger partial charge in [0, 0.05) is 18.9 Å². The third-order valence-electron chi connectivity index (χ3n) is 3.25. The van der Waals surface area contributed by atoms with Crippen LogP contribution in [0, 0.1) is 13.8 Å². The molecule has 1 fully saturated rings. The predicted molar refractivity (Wildman–Crippen MR) is 63.1 cm³/mol. The number of hydrogen-bond donors (Lipinski definition) is 1. The fourth-order valence-electron chi connectivity index (χ4n) is 2.64. The molecule has 0 radical (unpaired) electrons. The third kappa shape index (κ3) is 2.15. The van der Waals surface area contributed by atoms with Gasteiger partial charge < -0.3 is 10.5 Å². The second kappa shape index (κ2) is 4.23. The highest BCUT2D eigenvalue weighted by Crippen LogP contribution is 2.32. The molecule has 0 unspecified atom stereocenters. The largest absolute Gasteiger partial charge is 0.399 e. The highest BCUT2D eigenvalue weighted by atomic mass is 16.5. The maximum Gasteiger partial charge on any atom is 0.0471 e. The van der Waals surface area contributed by atoms with Gasteiger partial charge in [0.2, 0.25) is 0 Å². The van der Waals surface area contributed by atoms with Crippen molar-refractivity contribution in [2.24, 2.45) is 0 Å². The van der Waals surface area contributed by atoms with Gasteiger partial charge in [0.25, 0.3) is 0 Å². The number of anilines is 1. The summed E-state index contributed by atoms with van der Waals surface area (Å²) in [5.41, 5.74) is 10.9. The van der Waals surface area contributed by atoms with Crippen LogP contribution in [0.4, 0.5) is 5.69 Å². The minimum atomic E-state index is 0.666. The molecule has 1 saturated heterocycles. The van der Waals surface area contributed by atoms with Crippen LogP contribution in [0.15, 0.2) is 12.1 Å². The molecule has 2 heteroatoms. The Kier molecular flexibility index (Phi) is 2.96. The molecule has 1 aromatic carbocycles. The van der Waals surface area contributed by atoms with Gasteiger partial charge in [-0.1, -0.05) is 0 Å². The average Bonchev–Trinajstić information content (AvgIpc) is 2.17. The number of ether oxygens (including phenoxy) is 1. The van der Waals surface area contributed by atoms with Crippen molar-refractivity contribution in [3.05, 3.63) is 28.8 Å². The SMILES string of the molecule is Cc1cc(N)cc(C)c1C1CCOCC1. The summed E-state index contributed by atoms with van der Waals surface area (Å²) in [4.78, 5) is 0. The van der Waals surface area contributed by atoms with E-state index >= 15 is 0 Å². The van der Waals surface area contributed by atoms with Gasteiger partial charge in [-0.15, -0.1) is 0 Å². The Labute approximate surface area is 91.4 Å². The smallest absolute Gasteiger partial charge is 0.0471 e. The lowest BCUT2D eigenvalue weighted by atomic mass is 9.85. The van der Waals surface area contributed by atoms with E-state index in [1.807, 2.05) is 0 Å². The minimum absolute atomic E-state index is 0.666. The van der Waals surface area contributed by atoms with E-state index in [9.17, 15) is 0 Å². The van der Waals surface area contributed by atoms with Gasteiger partial charge in [0.1, 0.15) is 0 Å². The molecule has 0 amide bonds. The fourth-order valence-corrected chi connectivity index (χ4v) is 2.64. The maximum atomic E-state index is 5.83. The maximum absolute atomic E-state index is 5.83. The summed E-state index contributed by atoms with van der Waals surface area (Å²) in [5, 5.41) is 0. The van der Waals surface area contributed by atoms with Crippen LogP contribution >= 0.6 is 0 Å². The second-order valence-electron chi connectivity index (χ2n) is 4.46. The quantitative estimate of drug-likeness (QED) is 0.715. The van der Waals surface area contributed by atoms with Gasteiger partial charge in [-0.3, -0.25) is 0 Å². The number of hydrogen-bond acceptors (Lipinski definition) is 2. The number of rotatable bonds is 1. The molecule has 1 aliphatic rings. The lowest BCUT2D eigenvalue weighted by Gasteiger charge is -2.25. The van der Waals surface area contributed by atoms with Crippen molar-refractivity contribution >= 4 is 5.69 Å². The lowest BCUT2D eigenvalue weighted by molar-refractivity contribution is 0.0851. The Bertz CT molecular complexity index is 331. The molecule has 2 N–H and O–H groups in total. The fraction of sp³-hybridized carbons (Fsp3) is 0.538. The molecule has 0 spiro atoms. The van der Waals surface area contributed by atoms with E-state index in [0.29, 0.717) is 5.92 Å². The first-order valence-corrected chi connectivity index (χ1v) is 5.63. The van der Waals surface area contributed by atoms with E-state index in [2.05, 4.69) is 26.0 Å². The van der Waals surface area contributed by atoms with Crippen LogP contribution in [-0.2, 0) is 4.74 Å². The molecule has 0 aromatic heterocycles. The van der Waals surface area contributed by atoms with Gasteiger partial charge in [0.15, 0.2) is 0 Å². The molecular weight excluding hydrogens is 186 g/mol. The first-order chi connectivity index (χ1) is 7.18. The van der Waals surface area contributed by atoms with E-state index in [1.54, 1.807) is 0 Å². The summed E-state index contributed by atoms with van der Waals surface area (Å²) < 4.78 is 5.40.